The number of nitrogens with one attached hydrogen (secondary N) is 1. The van der Waals surface area contributed by atoms with Crippen LogP contribution in [-0.2, 0) is 10.5 Å². The Balaban J connectivity index is 1.47. The van der Waals surface area contributed by atoms with E-state index in [9.17, 15) is 4.79 Å². The number of rotatable bonds is 8. The van der Waals surface area contributed by atoms with Crippen LogP contribution >= 0.6 is 34.4 Å². The van der Waals surface area contributed by atoms with Crippen LogP contribution in [0, 0.1) is 6.92 Å². The van der Waals surface area contributed by atoms with Crippen LogP contribution in [0.1, 0.15) is 28.0 Å². The molecule has 32 heavy (non-hydrogen) atoms. The van der Waals surface area contributed by atoms with Gasteiger partial charge in [-0.15, -0.1) is 21.5 Å². The van der Waals surface area contributed by atoms with E-state index in [1.165, 1.54) is 34.4 Å². The van der Waals surface area contributed by atoms with Crippen LogP contribution in [0.15, 0.2) is 28.6 Å². The van der Waals surface area contributed by atoms with Crippen molar-refractivity contribution in [2.24, 2.45) is 0 Å². The Morgan fingerprint density at radius 1 is 1.25 bits per heavy atom. The topological polar surface area (TPSA) is 125 Å². The van der Waals surface area contributed by atoms with Crippen molar-refractivity contribution in [3.05, 3.63) is 40.5 Å². The summed E-state index contributed by atoms with van der Waals surface area (Å²) >= 11 is 4.17. The summed E-state index contributed by atoms with van der Waals surface area (Å²) in [5.41, 5.74) is 7.79. The lowest BCUT2D eigenvalue weighted by Crippen LogP contribution is -2.03. The number of nitrogens with zero attached hydrogens (tertiary/aromatic N) is 4. The van der Waals surface area contributed by atoms with Gasteiger partial charge in [0, 0.05) is 11.8 Å². The van der Waals surface area contributed by atoms with Gasteiger partial charge in [0.2, 0.25) is 5.13 Å². The second-order valence-electron chi connectivity index (χ2n) is 6.50. The molecule has 0 atom stereocenters. The van der Waals surface area contributed by atoms with Crippen molar-refractivity contribution in [3.8, 4) is 5.75 Å². The van der Waals surface area contributed by atoms with Gasteiger partial charge in [-0.2, -0.15) is 0 Å². The van der Waals surface area contributed by atoms with Crippen LogP contribution in [0.2, 0.25) is 0 Å². The number of ether oxygens (including phenoxy) is 2. The average Bonchev–Trinajstić information content (AvgIpc) is 3.36. The summed E-state index contributed by atoms with van der Waals surface area (Å²) in [5.74, 6) is 1.78. The van der Waals surface area contributed by atoms with Crippen molar-refractivity contribution >= 4 is 67.3 Å². The molecule has 3 heterocycles. The van der Waals surface area contributed by atoms with Gasteiger partial charge in [-0.25, -0.2) is 14.8 Å². The molecule has 0 saturated heterocycles. The van der Waals surface area contributed by atoms with E-state index in [-0.39, 0.29) is 5.97 Å². The third-order valence-electron chi connectivity index (χ3n) is 4.38. The first kappa shape index (κ1) is 22.2. The minimum absolute atomic E-state index is 0.312. The number of hydrogen-bond acceptors (Lipinski definition) is 12. The number of thioether (sulfide) groups is 1. The summed E-state index contributed by atoms with van der Waals surface area (Å²) in [6.45, 7) is 3.92. The van der Waals surface area contributed by atoms with E-state index in [0.29, 0.717) is 44.2 Å². The Kier molecular flexibility index (Phi) is 6.72. The highest BCUT2D eigenvalue weighted by atomic mass is 32.2. The SMILES string of the molecule is CCOC(=O)c1sc2nc(CSc3nnc(Nc4cccc(OC)c4)s3)nc(N)c2c1C. The number of methoxy groups -OCH3 is 1. The molecule has 9 nitrogen and oxygen atoms in total. The maximum atomic E-state index is 12.2. The molecule has 4 aromatic rings. The normalized spacial score (nSPS) is 11.0. The van der Waals surface area contributed by atoms with Crippen molar-refractivity contribution < 1.29 is 14.3 Å². The highest BCUT2D eigenvalue weighted by Crippen LogP contribution is 2.35. The molecule has 12 heteroatoms. The lowest BCUT2D eigenvalue weighted by Gasteiger charge is -2.04. The van der Waals surface area contributed by atoms with Gasteiger partial charge in [0.25, 0.3) is 0 Å². The average molecular weight is 489 g/mol. The minimum Gasteiger partial charge on any atom is -0.497 e. The number of thiophene rings is 1. The first-order valence-corrected chi connectivity index (χ1v) is 12.2. The largest absolute Gasteiger partial charge is 0.497 e. The van der Waals surface area contributed by atoms with Crippen LogP contribution in [0.25, 0.3) is 10.2 Å². The monoisotopic (exact) mass is 488 g/mol. The molecule has 3 aromatic heterocycles. The van der Waals surface area contributed by atoms with Gasteiger partial charge in [-0.3, -0.25) is 0 Å². The summed E-state index contributed by atoms with van der Waals surface area (Å²) < 4.78 is 11.1. The number of nitrogen functional groups attached to an aromatic ring is 1. The van der Waals surface area contributed by atoms with Crippen molar-refractivity contribution in [2.75, 3.05) is 24.8 Å². The summed E-state index contributed by atoms with van der Waals surface area (Å²) in [5, 5.41) is 13.0. The molecule has 0 saturated carbocycles. The van der Waals surface area contributed by atoms with E-state index in [1.54, 1.807) is 14.0 Å². The molecule has 0 fully saturated rings. The summed E-state index contributed by atoms with van der Waals surface area (Å²) in [7, 11) is 1.63. The fraction of sp³-hybridized carbons (Fsp3) is 0.250. The number of nitrogens with two attached hydrogens (primary N) is 1. The quantitative estimate of drug-likeness (QED) is 0.267. The van der Waals surface area contributed by atoms with Crippen LogP contribution in [0.3, 0.4) is 0 Å². The van der Waals surface area contributed by atoms with Crippen LogP contribution in [0.5, 0.6) is 5.75 Å². The van der Waals surface area contributed by atoms with Gasteiger partial charge in [0.15, 0.2) is 4.34 Å². The maximum absolute atomic E-state index is 12.2. The molecule has 0 spiro atoms. The molecular weight excluding hydrogens is 468 g/mol. The predicted octanol–water partition coefficient (Wildman–Crippen LogP) is 4.65. The van der Waals surface area contributed by atoms with E-state index in [1.807, 2.05) is 31.2 Å². The van der Waals surface area contributed by atoms with E-state index >= 15 is 0 Å². The zero-order chi connectivity index (χ0) is 22.7. The Morgan fingerprint density at radius 2 is 2.09 bits per heavy atom. The smallest absolute Gasteiger partial charge is 0.348 e. The van der Waals surface area contributed by atoms with Crippen molar-refractivity contribution in [2.45, 2.75) is 23.9 Å². The third-order valence-corrected chi connectivity index (χ3v) is 7.51. The number of fused-ring (bicyclic) bond motifs is 1. The van der Waals surface area contributed by atoms with Gasteiger partial charge >= 0.3 is 5.97 Å². The van der Waals surface area contributed by atoms with E-state index in [2.05, 4.69) is 25.5 Å². The number of aryl methyl sites for hydroxylation is 1. The number of esters is 1. The molecule has 166 valence electrons. The number of carbonyl (C=O) groups is 1. The predicted molar refractivity (Wildman–Crippen MR) is 128 cm³/mol. The van der Waals surface area contributed by atoms with Gasteiger partial charge in [-0.1, -0.05) is 29.2 Å². The van der Waals surface area contributed by atoms with Gasteiger partial charge in [-0.05, 0) is 31.5 Å². The zero-order valence-electron chi connectivity index (χ0n) is 17.5. The van der Waals surface area contributed by atoms with Crippen LogP contribution in [0.4, 0.5) is 16.6 Å². The van der Waals surface area contributed by atoms with Gasteiger partial charge in [0.05, 0.1) is 24.9 Å². The highest BCUT2D eigenvalue weighted by molar-refractivity contribution is 8.00. The Bertz CT molecular complexity index is 1270. The second-order valence-corrected chi connectivity index (χ2v) is 9.70. The summed E-state index contributed by atoms with van der Waals surface area (Å²) in [6, 6.07) is 7.58. The second kappa shape index (κ2) is 9.67. The van der Waals surface area contributed by atoms with Crippen LogP contribution < -0.4 is 15.8 Å². The Morgan fingerprint density at radius 3 is 2.88 bits per heavy atom. The number of hydrogen-bond donors (Lipinski definition) is 2. The fourth-order valence-electron chi connectivity index (χ4n) is 2.94. The molecule has 4 rings (SSSR count). The number of aromatic nitrogens is 4. The fourth-order valence-corrected chi connectivity index (χ4v) is 5.67. The molecule has 0 aliphatic carbocycles. The molecule has 0 unspecified atom stereocenters. The summed E-state index contributed by atoms with van der Waals surface area (Å²) in [4.78, 5) is 22.4. The Hall–Kier alpha value is -2.96. The Labute approximate surface area is 196 Å². The number of anilines is 3. The van der Waals surface area contributed by atoms with Crippen molar-refractivity contribution in [3.63, 3.8) is 0 Å². The van der Waals surface area contributed by atoms with Gasteiger partial charge < -0.3 is 20.5 Å². The summed E-state index contributed by atoms with van der Waals surface area (Å²) in [6.07, 6.45) is 0. The standard InChI is InChI=1S/C20H20N6O3S3/c1-4-29-18(27)15-10(2)14-16(21)23-13(24-17(14)31-15)9-30-20-26-25-19(32-20)22-11-6-5-7-12(8-11)28-3/h5-8H,4,9H2,1-3H3,(H,22,25)(H2,21,23,24). The minimum atomic E-state index is -0.367. The van der Waals surface area contributed by atoms with E-state index in [4.69, 9.17) is 15.2 Å². The molecule has 0 amide bonds. The maximum Gasteiger partial charge on any atom is 0.348 e. The van der Waals surface area contributed by atoms with E-state index in [0.717, 1.165) is 21.3 Å². The van der Waals surface area contributed by atoms with Crippen molar-refractivity contribution in [1.29, 1.82) is 0 Å². The molecule has 1 aromatic carbocycles. The molecule has 0 aliphatic rings. The molecule has 0 radical (unpaired) electrons. The van der Waals surface area contributed by atoms with E-state index < -0.39 is 0 Å². The molecule has 0 bridgehead atoms. The third kappa shape index (κ3) is 4.76. The van der Waals surface area contributed by atoms with Gasteiger partial charge in [0.1, 0.15) is 27.1 Å². The highest BCUT2D eigenvalue weighted by Gasteiger charge is 2.20. The lowest BCUT2D eigenvalue weighted by atomic mass is 10.2. The number of carbonyl (C=O) groups excluding carboxylic acids is 1. The zero-order valence-corrected chi connectivity index (χ0v) is 20.0. The molecule has 3 N–H and O–H groups in total. The number of benzene rings is 1. The van der Waals surface area contributed by atoms with Crippen molar-refractivity contribution in [1.82, 2.24) is 20.2 Å². The molecule has 0 aliphatic heterocycles. The lowest BCUT2D eigenvalue weighted by molar-refractivity contribution is 0.0531. The first-order valence-electron chi connectivity index (χ1n) is 9.58. The molecular formula is C20H20N6O3S3. The van der Waals surface area contributed by atoms with Crippen LogP contribution in [-0.4, -0.2) is 39.9 Å². The first-order chi connectivity index (χ1) is 15.5.